The minimum atomic E-state index is -4.46. The molecule has 19 heavy (non-hydrogen) atoms. The topological polar surface area (TPSA) is 47.0 Å². The molecule has 1 saturated heterocycles. The fourth-order valence-electron chi connectivity index (χ4n) is 2.75. The molecule has 1 aliphatic carbocycles. The largest absolute Gasteiger partial charge is 0.473 e. The van der Waals surface area contributed by atoms with E-state index < -0.39 is 11.9 Å². The van der Waals surface area contributed by atoms with Gasteiger partial charge in [0.15, 0.2) is 5.69 Å². The fourth-order valence-corrected chi connectivity index (χ4v) is 2.75. The predicted octanol–water partition coefficient (Wildman–Crippen LogP) is 2.02. The maximum absolute atomic E-state index is 12.3. The molecular formula is C12H14F3N3O. The van der Waals surface area contributed by atoms with E-state index >= 15 is 0 Å². The Hall–Kier alpha value is -1.37. The highest BCUT2D eigenvalue weighted by molar-refractivity contribution is 5.11. The van der Waals surface area contributed by atoms with E-state index in [2.05, 4.69) is 15.3 Å². The second-order valence-electron chi connectivity index (χ2n) is 5.32. The summed E-state index contributed by atoms with van der Waals surface area (Å²) in [5.74, 6) is 0.169. The smallest absolute Gasteiger partial charge is 0.434 e. The third-order valence-corrected chi connectivity index (χ3v) is 3.86. The van der Waals surface area contributed by atoms with E-state index in [-0.39, 0.29) is 12.0 Å². The van der Waals surface area contributed by atoms with Crippen LogP contribution in [0.5, 0.6) is 5.88 Å². The number of alkyl halides is 3. The number of nitrogens with one attached hydrogen (secondary N) is 1. The Morgan fingerprint density at radius 1 is 1.26 bits per heavy atom. The van der Waals surface area contributed by atoms with Crippen LogP contribution in [0.2, 0.25) is 0 Å². The Morgan fingerprint density at radius 2 is 2.05 bits per heavy atom. The zero-order chi connectivity index (χ0) is 13.5. The quantitative estimate of drug-likeness (QED) is 0.895. The molecule has 1 saturated carbocycles. The normalized spacial score (nSPS) is 25.3. The molecule has 1 spiro atoms. The van der Waals surface area contributed by atoms with Gasteiger partial charge in [-0.2, -0.15) is 13.2 Å². The number of ether oxygens (including phenoxy) is 1. The van der Waals surface area contributed by atoms with Crippen LogP contribution in [0.1, 0.15) is 25.0 Å². The molecule has 1 unspecified atom stereocenters. The van der Waals surface area contributed by atoms with E-state index in [0.29, 0.717) is 11.6 Å². The van der Waals surface area contributed by atoms with Crippen molar-refractivity contribution >= 4 is 0 Å². The zero-order valence-corrected chi connectivity index (χ0v) is 10.2. The molecular weight excluding hydrogens is 259 g/mol. The van der Waals surface area contributed by atoms with Gasteiger partial charge in [0, 0.05) is 13.1 Å². The Morgan fingerprint density at radius 3 is 2.53 bits per heavy atom. The van der Waals surface area contributed by atoms with Gasteiger partial charge in [-0.1, -0.05) is 0 Å². The lowest BCUT2D eigenvalue weighted by Crippen LogP contribution is -2.52. The number of hydrogen-bond donors (Lipinski definition) is 1. The molecule has 3 rings (SSSR count). The Kier molecular flexibility index (Phi) is 2.88. The van der Waals surface area contributed by atoms with Gasteiger partial charge in [0.2, 0.25) is 5.88 Å². The van der Waals surface area contributed by atoms with Crippen molar-refractivity contribution in [1.82, 2.24) is 15.3 Å². The Bertz CT molecular complexity index is 456. The number of hydrogen-bond acceptors (Lipinski definition) is 4. The van der Waals surface area contributed by atoms with Crippen molar-refractivity contribution in [3.05, 3.63) is 18.1 Å². The van der Waals surface area contributed by atoms with Crippen molar-refractivity contribution in [3.63, 3.8) is 0 Å². The van der Waals surface area contributed by atoms with Gasteiger partial charge >= 0.3 is 6.18 Å². The third kappa shape index (κ3) is 2.51. The average molecular weight is 273 g/mol. The molecule has 2 fully saturated rings. The summed E-state index contributed by atoms with van der Waals surface area (Å²) in [6.07, 6.45) is 0.289. The molecule has 104 valence electrons. The predicted molar refractivity (Wildman–Crippen MR) is 60.6 cm³/mol. The number of rotatable bonds is 2. The molecule has 4 nitrogen and oxygen atoms in total. The summed E-state index contributed by atoms with van der Waals surface area (Å²) in [7, 11) is 0. The van der Waals surface area contributed by atoms with Crippen LogP contribution < -0.4 is 10.1 Å². The van der Waals surface area contributed by atoms with Crippen molar-refractivity contribution in [2.24, 2.45) is 5.41 Å². The Balaban J connectivity index is 1.61. The average Bonchev–Trinajstić information content (AvgIpc) is 2.73. The van der Waals surface area contributed by atoms with Gasteiger partial charge in [-0.05, 0) is 24.7 Å². The van der Waals surface area contributed by atoms with E-state index in [4.69, 9.17) is 4.74 Å². The first kappa shape index (κ1) is 12.7. The van der Waals surface area contributed by atoms with E-state index in [1.807, 2.05) is 0 Å². The highest BCUT2D eigenvalue weighted by Gasteiger charge is 2.44. The maximum Gasteiger partial charge on any atom is 0.434 e. The lowest BCUT2D eigenvalue weighted by atomic mass is 9.80. The molecule has 2 aliphatic rings. The minimum absolute atomic E-state index is 0.0353. The lowest BCUT2D eigenvalue weighted by molar-refractivity contribution is -0.141. The summed E-state index contributed by atoms with van der Waals surface area (Å²) in [6, 6.07) is 0. The van der Waals surface area contributed by atoms with Gasteiger partial charge in [0.25, 0.3) is 0 Å². The standard InChI is InChI=1S/C12H14F3N3O/c13-12(14,15)9-4-18-10(5-17-9)19-8-1-2-11(3-8)6-16-7-11/h4-5,8,16H,1-3,6-7H2. The SMILES string of the molecule is FC(F)(F)c1cnc(OC2CCC3(CNC3)C2)cn1. The molecule has 1 aromatic heterocycles. The van der Waals surface area contributed by atoms with Gasteiger partial charge in [0.1, 0.15) is 6.10 Å². The van der Waals surface area contributed by atoms with Crippen LogP contribution in [0.4, 0.5) is 13.2 Å². The molecule has 1 aliphatic heterocycles. The summed E-state index contributed by atoms with van der Waals surface area (Å²) in [4.78, 5) is 7.02. The maximum atomic E-state index is 12.3. The third-order valence-electron chi connectivity index (χ3n) is 3.86. The highest BCUT2D eigenvalue weighted by atomic mass is 19.4. The molecule has 7 heteroatoms. The molecule has 1 aromatic rings. The number of aromatic nitrogens is 2. The summed E-state index contributed by atoms with van der Waals surface area (Å²) < 4.78 is 42.6. The molecule has 2 heterocycles. The molecule has 1 atom stereocenters. The van der Waals surface area contributed by atoms with Crippen molar-refractivity contribution in [2.75, 3.05) is 13.1 Å². The molecule has 0 aromatic carbocycles. The highest BCUT2D eigenvalue weighted by Crippen LogP contribution is 2.42. The van der Waals surface area contributed by atoms with E-state index in [9.17, 15) is 13.2 Å². The van der Waals surface area contributed by atoms with Crippen LogP contribution in [0.15, 0.2) is 12.4 Å². The van der Waals surface area contributed by atoms with Gasteiger partial charge in [-0.3, -0.25) is 0 Å². The fraction of sp³-hybridized carbons (Fsp3) is 0.667. The van der Waals surface area contributed by atoms with Crippen molar-refractivity contribution in [3.8, 4) is 5.88 Å². The van der Waals surface area contributed by atoms with Gasteiger partial charge < -0.3 is 10.1 Å². The number of halogens is 3. The van der Waals surface area contributed by atoms with Crippen molar-refractivity contribution < 1.29 is 17.9 Å². The van der Waals surface area contributed by atoms with Gasteiger partial charge in [-0.25, -0.2) is 9.97 Å². The van der Waals surface area contributed by atoms with Crippen LogP contribution in [0.3, 0.4) is 0 Å². The van der Waals surface area contributed by atoms with Crippen LogP contribution in [0, 0.1) is 5.41 Å². The first-order valence-corrected chi connectivity index (χ1v) is 6.24. The Labute approximate surface area is 108 Å². The van der Waals surface area contributed by atoms with E-state index in [1.165, 1.54) is 0 Å². The summed E-state index contributed by atoms with van der Waals surface area (Å²) in [6.45, 7) is 2.01. The zero-order valence-electron chi connectivity index (χ0n) is 10.2. The molecule has 0 bridgehead atoms. The monoisotopic (exact) mass is 273 g/mol. The van der Waals surface area contributed by atoms with Crippen molar-refractivity contribution in [1.29, 1.82) is 0 Å². The lowest BCUT2D eigenvalue weighted by Gasteiger charge is -2.39. The summed E-state index contributed by atoms with van der Waals surface area (Å²) in [5, 5.41) is 3.24. The second-order valence-corrected chi connectivity index (χ2v) is 5.32. The van der Waals surface area contributed by atoms with E-state index in [0.717, 1.165) is 38.5 Å². The number of nitrogens with zero attached hydrogens (tertiary/aromatic N) is 2. The van der Waals surface area contributed by atoms with Gasteiger partial charge in [-0.15, -0.1) is 0 Å². The minimum Gasteiger partial charge on any atom is -0.473 e. The molecule has 1 N–H and O–H groups in total. The van der Waals surface area contributed by atoms with Crippen molar-refractivity contribution in [2.45, 2.75) is 31.5 Å². The van der Waals surface area contributed by atoms with Crippen LogP contribution >= 0.6 is 0 Å². The molecule has 0 radical (unpaired) electrons. The molecule has 0 amide bonds. The first-order valence-electron chi connectivity index (χ1n) is 6.24. The van der Waals surface area contributed by atoms with Crippen LogP contribution in [-0.4, -0.2) is 29.2 Å². The van der Waals surface area contributed by atoms with E-state index in [1.54, 1.807) is 0 Å². The second kappa shape index (κ2) is 4.33. The van der Waals surface area contributed by atoms with Crippen LogP contribution in [-0.2, 0) is 6.18 Å². The summed E-state index contributed by atoms with van der Waals surface area (Å²) in [5.41, 5.74) is -0.657. The first-order chi connectivity index (χ1) is 8.97. The van der Waals surface area contributed by atoms with Gasteiger partial charge in [0.05, 0.1) is 12.4 Å². The summed E-state index contributed by atoms with van der Waals surface area (Å²) >= 11 is 0. The van der Waals surface area contributed by atoms with Crippen LogP contribution in [0.25, 0.3) is 0 Å².